The van der Waals surface area contributed by atoms with E-state index in [1.54, 1.807) is 18.2 Å². The van der Waals surface area contributed by atoms with Gasteiger partial charge >= 0.3 is 0 Å². The SMILES string of the molecule is C=C/C=C(\C=C)OCCOC(C)C. The average Bonchev–Trinajstić information content (AvgIpc) is 2.10. The summed E-state index contributed by atoms with van der Waals surface area (Å²) in [7, 11) is 0. The zero-order chi connectivity index (χ0) is 10.1. The van der Waals surface area contributed by atoms with Crippen LogP contribution in [0.2, 0.25) is 0 Å². The van der Waals surface area contributed by atoms with E-state index in [0.717, 1.165) is 5.76 Å². The van der Waals surface area contributed by atoms with Crippen molar-refractivity contribution in [3.63, 3.8) is 0 Å². The Balaban J connectivity index is 3.56. The fourth-order valence-corrected chi connectivity index (χ4v) is 0.735. The van der Waals surface area contributed by atoms with E-state index in [-0.39, 0.29) is 6.10 Å². The van der Waals surface area contributed by atoms with Crippen LogP contribution in [0, 0.1) is 0 Å². The van der Waals surface area contributed by atoms with Crippen molar-refractivity contribution < 1.29 is 9.47 Å². The Hall–Kier alpha value is -1.02. The second kappa shape index (κ2) is 7.62. The summed E-state index contributed by atoms with van der Waals surface area (Å²) in [5, 5.41) is 0. The molecule has 0 aliphatic rings. The van der Waals surface area contributed by atoms with Crippen molar-refractivity contribution in [3.05, 3.63) is 37.1 Å². The first-order chi connectivity index (χ1) is 6.20. The largest absolute Gasteiger partial charge is 0.491 e. The normalized spacial score (nSPS) is 11.5. The molecule has 2 heteroatoms. The highest BCUT2D eigenvalue weighted by Crippen LogP contribution is 1.98. The summed E-state index contributed by atoms with van der Waals surface area (Å²) in [5.74, 6) is 0.724. The second-order valence-electron chi connectivity index (χ2n) is 2.78. The summed E-state index contributed by atoms with van der Waals surface area (Å²) in [5.41, 5.74) is 0. The summed E-state index contributed by atoms with van der Waals surface area (Å²) in [6.45, 7) is 12.3. The summed E-state index contributed by atoms with van der Waals surface area (Å²) in [6, 6.07) is 0. The zero-order valence-electron chi connectivity index (χ0n) is 8.45. The van der Waals surface area contributed by atoms with Gasteiger partial charge in [-0.25, -0.2) is 0 Å². The molecular weight excluding hydrogens is 164 g/mol. The quantitative estimate of drug-likeness (QED) is 0.342. The lowest BCUT2D eigenvalue weighted by molar-refractivity contribution is 0.0408. The van der Waals surface area contributed by atoms with Crippen molar-refractivity contribution in [3.8, 4) is 0 Å². The van der Waals surface area contributed by atoms with Crippen molar-refractivity contribution in [2.24, 2.45) is 0 Å². The van der Waals surface area contributed by atoms with Crippen LogP contribution in [-0.4, -0.2) is 19.3 Å². The summed E-state index contributed by atoms with van der Waals surface area (Å²) in [4.78, 5) is 0. The van der Waals surface area contributed by atoms with E-state index in [4.69, 9.17) is 9.47 Å². The van der Waals surface area contributed by atoms with Gasteiger partial charge in [-0.1, -0.05) is 19.2 Å². The van der Waals surface area contributed by atoms with Crippen LogP contribution < -0.4 is 0 Å². The Morgan fingerprint density at radius 3 is 2.46 bits per heavy atom. The van der Waals surface area contributed by atoms with Crippen LogP contribution in [0.25, 0.3) is 0 Å². The van der Waals surface area contributed by atoms with E-state index >= 15 is 0 Å². The van der Waals surface area contributed by atoms with E-state index in [9.17, 15) is 0 Å². The maximum Gasteiger partial charge on any atom is 0.118 e. The Morgan fingerprint density at radius 1 is 1.31 bits per heavy atom. The molecule has 0 amide bonds. The molecule has 0 rings (SSSR count). The van der Waals surface area contributed by atoms with Crippen LogP contribution in [0.5, 0.6) is 0 Å². The van der Waals surface area contributed by atoms with E-state index in [2.05, 4.69) is 13.2 Å². The van der Waals surface area contributed by atoms with Crippen LogP contribution in [-0.2, 0) is 9.47 Å². The molecule has 0 N–H and O–H groups in total. The highest BCUT2D eigenvalue weighted by atomic mass is 16.5. The third-order valence-corrected chi connectivity index (χ3v) is 1.29. The van der Waals surface area contributed by atoms with Gasteiger partial charge in [-0.15, -0.1) is 0 Å². The van der Waals surface area contributed by atoms with Gasteiger partial charge in [0.2, 0.25) is 0 Å². The number of allylic oxidation sites excluding steroid dienone is 3. The molecule has 0 aromatic carbocycles. The van der Waals surface area contributed by atoms with Gasteiger partial charge in [0, 0.05) is 0 Å². The molecule has 0 atom stereocenters. The Bertz CT molecular complexity index is 181. The standard InChI is InChI=1S/C11H18O2/c1-5-7-11(6-2)13-9-8-12-10(3)4/h5-7,10H,1-2,8-9H2,3-4H3/b11-7+. The molecule has 0 aromatic heterocycles. The lowest BCUT2D eigenvalue weighted by atomic mass is 10.4. The third kappa shape index (κ3) is 7.34. The van der Waals surface area contributed by atoms with Crippen molar-refractivity contribution >= 4 is 0 Å². The topological polar surface area (TPSA) is 18.5 Å². The molecule has 0 aliphatic carbocycles. The Kier molecular flexibility index (Phi) is 7.02. The van der Waals surface area contributed by atoms with E-state index in [1.165, 1.54) is 0 Å². The molecule has 0 aliphatic heterocycles. The highest BCUT2D eigenvalue weighted by Gasteiger charge is 1.94. The molecule has 0 bridgehead atoms. The van der Waals surface area contributed by atoms with Gasteiger partial charge in [0.25, 0.3) is 0 Å². The van der Waals surface area contributed by atoms with Crippen LogP contribution in [0.3, 0.4) is 0 Å². The molecule has 74 valence electrons. The minimum absolute atomic E-state index is 0.249. The number of hydrogen-bond donors (Lipinski definition) is 0. The van der Waals surface area contributed by atoms with E-state index in [0.29, 0.717) is 13.2 Å². The molecule has 2 nitrogen and oxygen atoms in total. The number of rotatable bonds is 7. The van der Waals surface area contributed by atoms with E-state index < -0.39 is 0 Å². The third-order valence-electron chi connectivity index (χ3n) is 1.29. The lowest BCUT2D eigenvalue weighted by Gasteiger charge is -2.09. The minimum atomic E-state index is 0.249. The monoisotopic (exact) mass is 182 g/mol. The van der Waals surface area contributed by atoms with Crippen molar-refractivity contribution in [1.82, 2.24) is 0 Å². The van der Waals surface area contributed by atoms with Gasteiger partial charge in [0.15, 0.2) is 0 Å². The smallest absolute Gasteiger partial charge is 0.118 e. The van der Waals surface area contributed by atoms with Gasteiger partial charge < -0.3 is 9.47 Å². The molecule has 0 spiro atoms. The van der Waals surface area contributed by atoms with Gasteiger partial charge in [0.1, 0.15) is 12.4 Å². The van der Waals surface area contributed by atoms with Crippen molar-refractivity contribution in [2.75, 3.05) is 13.2 Å². The first kappa shape index (κ1) is 12.0. The molecule has 13 heavy (non-hydrogen) atoms. The molecule has 0 radical (unpaired) electrons. The number of ether oxygens (including phenoxy) is 2. The predicted molar refractivity (Wildman–Crippen MR) is 55.5 cm³/mol. The molecule has 0 unspecified atom stereocenters. The predicted octanol–water partition coefficient (Wildman–Crippen LogP) is 2.68. The van der Waals surface area contributed by atoms with Crippen LogP contribution in [0.1, 0.15) is 13.8 Å². The fraction of sp³-hybridized carbons (Fsp3) is 0.455. The average molecular weight is 182 g/mol. The first-order valence-electron chi connectivity index (χ1n) is 4.40. The van der Waals surface area contributed by atoms with Crippen LogP contribution >= 0.6 is 0 Å². The molecule has 0 saturated carbocycles. The summed E-state index contributed by atoms with van der Waals surface area (Å²) >= 11 is 0. The minimum Gasteiger partial charge on any atom is -0.491 e. The number of hydrogen-bond acceptors (Lipinski definition) is 2. The highest BCUT2D eigenvalue weighted by molar-refractivity contribution is 5.14. The van der Waals surface area contributed by atoms with Gasteiger partial charge in [-0.2, -0.15) is 0 Å². The maximum absolute atomic E-state index is 5.33. The molecule has 0 fully saturated rings. The zero-order valence-corrected chi connectivity index (χ0v) is 8.45. The van der Waals surface area contributed by atoms with Crippen molar-refractivity contribution in [2.45, 2.75) is 20.0 Å². The van der Waals surface area contributed by atoms with Gasteiger partial charge in [-0.05, 0) is 26.0 Å². The van der Waals surface area contributed by atoms with Crippen LogP contribution in [0.15, 0.2) is 37.1 Å². The Labute approximate surface area is 80.5 Å². The van der Waals surface area contributed by atoms with Gasteiger partial charge in [-0.3, -0.25) is 0 Å². The van der Waals surface area contributed by atoms with E-state index in [1.807, 2.05) is 13.8 Å². The van der Waals surface area contributed by atoms with Crippen molar-refractivity contribution in [1.29, 1.82) is 0 Å². The fourth-order valence-electron chi connectivity index (χ4n) is 0.735. The van der Waals surface area contributed by atoms with Crippen LogP contribution in [0.4, 0.5) is 0 Å². The molecule has 0 saturated heterocycles. The lowest BCUT2D eigenvalue weighted by Crippen LogP contribution is -2.08. The maximum atomic E-state index is 5.33. The molecule has 0 heterocycles. The van der Waals surface area contributed by atoms with Gasteiger partial charge in [0.05, 0.1) is 12.7 Å². The first-order valence-corrected chi connectivity index (χ1v) is 4.40. The molecular formula is C11H18O2. The summed E-state index contributed by atoms with van der Waals surface area (Å²) in [6.07, 6.45) is 5.33. The summed E-state index contributed by atoms with van der Waals surface area (Å²) < 4.78 is 10.6. The molecule has 0 aromatic rings. The second-order valence-corrected chi connectivity index (χ2v) is 2.78. The Morgan fingerprint density at radius 2 is 2.00 bits per heavy atom.